The molecular weight excluding hydrogens is 442 g/mol. The Balaban J connectivity index is 1.35. The number of amides is 1. The zero-order chi connectivity index (χ0) is 24.4. The lowest BCUT2D eigenvalue weighted by Crippen LogP contribution is -2.48. The highest BCUT2D eigenvalue weighted by Gasteiger charge is 2.41. The minimum absolute atomic E-state index is 0.0212. The molecule has 3 aliphatic heterocycles. The van der Waals surface area contributed by atoms with Crippen molar-refractivity contribution in [3.8, 4) is 5.75 Å². The van der Waals surface area contributed by atoms with Crippen LogP contribution in [0.5, 0.6) is 5.75 Å². The molecule has 186 valence electrons. The van der Waals surface area contributed by atoms with Gasteiger partial charge in [-0.15, -0.1) is 0 Å². The molecule has 0 N–H and O–H groups in total. The minimum atomic E-state index is -0.438. The van der Waals surface area contributed by atoms with E-state index in [-0.39, 0.29) is 11.9 Å². The second-order valence-electron chi connectivity index (χ2n) is 9.71. The lowest BCUT2D eigenvalue weighted by atomic mass is 9.95. The number of nitrogens with zero attached hydrogens (tertiary/aromatic N) is 3. The van der Waals surface area contributed by atoms with Crippen LogP contribution in [-0.4, -0.2) is 66.8 Å². The number of hydrogen-bond acceptors (Lipinski definition) is 6. The van der Waals surface area contributed by atoms with Crippen molar-refractivity contribution in [2.75, 3.05) is 39.5 Å². The monoisotopic (exact) mass is 477 g/mol. The number of carbonyl (C=O) groups excluding carboxylic acids is 1. The summed E-state index contributed by atoms with van der Waals surface area (Å²) in [5.74, 6) is 0.417. The van der Waals surface area contributed by atoms with Crippen molar-refractivity contribution in [2.24, 2.45) is 5.10 Å². The van der Waals surface area contributed by atoms with Crippen LogP contribution in [0.1, 0.15) is 54.5 Å². The van der Waals surface area contributed by atoms with E-state index in [1.807, 2.05) is 19.1 Å². The second kappa shape index (κ2) is 10.1. The number of hydrogen-bond donors (Lipinski definition) is 0. The Labute approximate surface area is 207 Å². The van der Waals surface area contributed by atoms with Gasteiger partial charge in [-0.1, -0.05) is 35.9 Å². The van der Waals surface area contributed by atoms with Crippen molar-refractivity contribution in [1.82, 2.24) is 9.91 Å². The van der Waals surface area contributed by atoms with Crippen LogP contribution in [-0.2, 0) is 14.3 Å². The summed E-state index contributed by atoms with van der Waals surface area (Å²) >= 11 is 0. The smallest absolute Gasteiger partial charge is 0.257 e. The molecule has 2 fully saturated rings. The molecule has 1 atom stereocenters. The predicted molar refractivity (Wildman–Crippen MR) is 135 cm³/mol. The summed E-state index contributed by atoms with van der Waals surface area (Å²) in [7, 11) is 0. The minimum Gasteiger partial charge on any atom is -0.494 e. The van der Waals surface area contributed by atoms with Gasteiger partial charge in [0, 0.05) is 37.9 Å². The van der Waals surface area contributed by atoms with Gasteiger partial charge in [0.15, 0.2) is 5.79 Å². The Morgan fingerprint density at radius 1 is 1.09 bits per heavy atom. The fraction of sp³-hybridized carbons (Fsp3) is 0.500. The molecule has 1 spiro atoms. The number of carbonyl (C=O) groups is 1. The maximum atomic E-state index is 13.6. The normalized spacial score (nSPS) is 22.0. The SMILES string of the molecule is CCOc1ccc([C@@H]2CC(c3ccc(C)cc3C)=NN2C(=O)CN2CCC3(CC2)OCCO3)cc1. The summed E-state index contributed by atoms with van der Waals surface area (Å²) in [6, 6.07) is 14.3. The predicted octanol–water partition coefficient (Wildman–Crippen LogP) is 4.22. The maximum absolute atomic E-state index is 13.6. The van der Waals surface area contributed by atoms with E-state index >= 15 is 0 Å². The van der Waals surface area contributed by atoms with Crippen molar-refractivity contribution >= 4 is 11.6 Å². The Hall–Kier alpha value is -2.74. The molecule has 0 aromatic heterocycles. The number of likely N-dealkylation sites (tertiary alicyclic amines) is 1. The van der Waals surface area contributed by atoms with Gasteiger partial charge < -0.3 is 14.2 Å². The van der Waals surface area contributed by atoms with Gasteiger partial charge in [-0.3, -0.25) is 9.69 Å². The van der Waals surface area contributed by atoms with Crippen LogP contribution in [0.2, 0.25) is 0 Å². The van der Waals surface area contributed by atoms with E-state index in [0.717, 1.165) is 48.5 Å². The Morgan fingerprint density at radius 2 is 1.80 bits per heavy atom. The molecule has 0 aliphatic carbocycles. The number of piperidine rings is 1. The highest BCUT2D eigenvalue weighted by atomic mass is 16.7. The van der Waals surface area contributed by atoms with Crippen molar-refractivity contribution in [2.45, 2.75) is 51.9 Å². The lowest BCUT2D eigenvalue weighted by molar-refractivity contribution is -0.186. The fourth-order valence-electron chi connectivity index (χ4n) is 5.35. The molecule has 0 saturated carbocycles. The molecule has 35 heavy (non-hydrogen) atoms. The van der Waals surface area contributed by atoms with Gasteiger partial charge in [0.05, 0.1) is 38.1 Å². The first-order valence-electron chi connectivity index (χ1n) is 12.7. The van der Waals surface area contributed by atoms with Crippen LogP contribution in [0.25, 0.3) is 0 Å². The highest BCUT2D eigenvalue weighted by Crippen LogP contribution is 2.35. The van der Waals surface area contributed by atoms with Crippen molar-refractivity contribution in [1.29, 1.82) is 0 Å². The first-order chi connectivity index (χ1) is 17.0. The largest absolute Gasteiger partial charge is 0.494 e. The average molecular weight is 478 g/mol. The van der Waals surface area contributed by atoms with Crippen LogP contribution in [0.15, 0.2) is 47.6 Å². The van der Waals surface area contributed by atoms with Gasteiger partial charge in [-0.05, 0) is 44.0 Å². The Kier molecular flexibility index (Phi) is 6.91. The van der Waals surface area contributed by atoms with Gasteiger partial charge >= 0.3 is 0 Å². The summed E-state index contributed by atoms with van der Waals surface area (Å²) < 4.78 is 17.3. The highest BCUT2D eigenvalue weighted by molar-refractivity contribution is 6.04. The van der Waals surface area contributed by atoms with E-state index in [9.17, 15) is 4.79 Å². The van der Waals surface area contributed by atoms with Crippen LogP contribution in [0.4, 0.5) is 0 Å². The molecule has 2 aromatic rings. The van der Waals surface area contributed by atoms with Gasteiger partial charge in [0.25, 0.3) is 5.91 Å². The van der Waals surface area contributed by atoms with Gasteiger partial charge in [0.2, 0.25) is 0 Å². The molecule has 2 aromatic carbocycles. The summed E-state index contributed by atoms with van der Waals surface area (Å²) in [5.41, 5.74) is 5.54. The number of benzene rings is 2. The second-order valence-corrected chi connectivity index (χ2v) is 9.71. The zero-order valence-electron chi connectivity index (χ0n) is 21.0. The molecule has 2 saturated heterocycles. The fourth-order valence-corrected chi connectivity index (χ4v) is 5.35. The Bertz CT molecular complexity index is 1080. The van der Waals surface area contributed by atoms with Crippen molar-refractivity contribution in [3.05, 3.63) is 64.7 Å². The molecule has 5 rings (SSSR count). The number of rotatable bonds is 6. The van der Waals surface area contributed by atoms with Crippen LogP contribution in [0.3, 0.4) is 0 Å². The molecule has 3 heterocycles. The van der Waals surface area contributed by atoms with Crippen molar-refractivity contribution < 1.29 is 19.0 Å². The van der Waals surface area contributed by atoms with Gasteiger partial charge in [0.1, 0.15) is 5.75 Å². The molecule has 0 radical (unpaired) electrons. The quantitative estimate of drug-likeness (QED) is 0.624. The van der Waals surface area contributed by atoms with Crippen LogP contribution >= 0.6 is 0 Å². The van der Waals surface area contributed by atoms with Crippen LogP contribution < -0.4 is 4.74 Å². The summed E-state index contributed by atoms with van der Waals surface area (Å²) in [6.07, 6.45) is 2.27. The third-order valence-electron chi connectivity index (χ3n) is 7.22. The molecule has 0 unspecified atom stereocenters. The first-order valence-corrected chi connectivity index (χ1v) is 12.7. The number of ether oxygens (including phenoxy) is 3. The Morgan fingerprint density at radius 3 is 2.46 bits per heavy atom. The lowest BCUT2D eigenvalue weighted by Gasteiger charge is -2.37. The molecule has 7 nitrogen and oxygen atoms in total. The molecule has 0 bridgehead atoms. The standard InChI is InChI=1S/C28H35N3O4/c1-4-33-23-8-6-22(7-9-23)26-18-25(24-10-5-20(2)17-21(24)3)29-31(26)27(32)19-30-13-11-28(12-14-30)34-15-16-35-28/h5-10,17,26H,4,11-16,18-19H2,1-3H3/t26-/m0/s1. The van der Waals surface area contributed by atoms with E-state index in [0.29, 0.717) is 32.8 Å². The molecule has 3 aliphatic rings. The third kappa shape index (κ3) is 5.13. The van der Waals surface area contributed by atoms with E-state index in [1.54, 1.807) is 5.01 Å². The van der Waals surface area contributed by atoms with Crippen molar-refractivity contribution in [3.63, 3.8) is 0 Å². The van der Waals surface area contributed by atoms with Gasteiger partial charge in [-0.2, -0.15) is 5.10 Å². The third-order valence-corrected chi connectivity index (χ3v) is 7.22. The van der Waals surface area contributed by atoms with E-state index in [4.69, 9.17) is 19.3 Å². The van der Waals surface area contributed by atoms with E-state index in [2.05, 4.69) is 49.1 Å². The summed E-state index contributed by atoms with van der Waals surface area (Å²) in [4.78, 5) is 15.8. The molecular formula is C28H35N3O4. The molecule has 1 amide bonds. The van der Waals surface area contributed by atoms with Crippen LogP contribution in [0, 0.1) is 13.8 Å². The maximum Gasteiger partial charge on any atom is 0.257 e. The molecule has 7 heteroatoms. The topological polar surface area (TPSA) is 63.6 Å². The number of aryl methyl sites for hydroxylation is 2. The van der Waals surface area contributed by atoms with E-state index < -0.39 is 5.79 Å². The number of hydrazone groups is 1. The zero-order valence-corrected chi connectivity index (χ0v) is 21.0. The summed E-state index contributed by atoms with van der Waals surface area (Å²) in [5, 5.41) is 6.60. The average Bonchev–Trinajstić information content (AvgIpc) is 3.49. The summed E-state index contributed by atoms with van der Waals surface area (Å²) in [6.45, 7) is 10.0. The van der Waals surface area contributed by atoms with Gasteiger partial charge in [-0.25, -0.2) is 5.01 Å². The van der Waals surface area contributed by atoms with E-state index in [1.165, 1.54) is 11.1 Å². The first kappa shape index (κ1) is 24.0.